The van der Waals surface area contributed by atoms with Gasteiger partial charge in [-0.05, 0) is 80.6 Å². The third-order valence-electron chi connectivity index (χ3n) is 4.65. The van der Waals surface area contributed by atoms with E-state index in [-0.39, 0.29) is 0 Å². The molecule has 0 radical (unpaired) electrons. The van der Waals surface area contributed by atoms with Crippen LogP contribution in [0.4, 0.5) is 0 Å². The third kappa shape index (κ3) is 6.11. The molecule has 1 rings (SSSR count). The summed E-state index contributed by atoms with van der Waals surface area (Å²) in [6.45, 7) is 21.4. The summed E-state index contributed by atoms with van der Waals surface area (Å²) in [5.41, 5.74) is 0. The normalized spacial score (nSPS) is 22.6. The van der Waals surface area contributed by atoms with Crippen LogP contribution in [0.25, 0.3) is 0 Å². The van der Waals surface area contributed by atoms with Gasteiger partial charge in [-0.1, -0.05) is 0 Å². The van der Waals surface area contributed by atoms with Gasteiger partial charge in [-0.3, -0.25) is 9.80 Å². The van der Waals surface area contributed by atoms with Crippen LogP contribution in [0.3, 0.4) is 0 Å². The van der Waals surface area contributed by atoms with E-state index in [1.54, 1.807) is 0 Å². The van der Waals surface area contributed by atoms with E-state index in [2.05, 4.69) is 56.2 Å². The highest BCUT2D eigenvalue weighted by Gasteiger charge is 2.17. The second kappa shape index (κ2) is 9.01. The van der Waals surface area contributed by atoms with Crippen LogP contribution in [-0.4, -0.2) is 72.1 Å². The van der Waals surface area contributed by atoms with E-state index in [4.69, 9.17) is 0 Å². The van der Waals surface area contributed by atoms with Crippen LogP contribution in [0, 0.1) is 0 Å². The van der Waals surface area contributed by atoms with Crippen LogP contribution in [0.2, 0.25) is 0 Å². The lowest BCUT2D eigenvalue weighted by Crippen LogP contribution is -2.42. The lowest BCUT2D eigenvalue weighted by atomic mass is 10.2. The Hall–Kier alpha value is -0.120. The molecule has 1 saturated heterocycles. The summed E-state index contributed by atoms with van der Waals surface area (Å²) in [6.07, 6.45) is 2.61. The molecule has 0 amide bonds. The quantitative estimate of drug-likeness (QED) is 0.788. The highest BCUT2D eigenvalue weighted by Crippen LogP contribution is 2.09. The molecule has 0 saturated carbocycles. The number of hydrogen-bond acceptors (Lipinski definition) is 3. The summed E-state index contributed by atoms with van der Waals surface area (Å²) in [6, 6.07) is 2.00. The maximum absolute atomic E-state index is 2.66. The minimum atomic E-state index is 0.664. The minimum absolute atomic E-state index is 0.664. The molecule has 0 spiro atoms. The molecule has 0 N–H and O–H groups in total. The third-order valence-corrected chi connectivity index (χ3v) is 4.65. The fraction of sp³-hybridized carbons (Fsp3) is 1.00. The molecule has 1 fully saturated rings. The van der Waals surface area contributed by atoms with Crippen LogP contribution in [0.15, 0.2) is 0 Å². The lowest BCUT2D eigenvalue weighted by Gasteiger charge is -2.31. The molecule has 0 aromatic heterocycles. The van der Waals surface area contributed by atoms with E-state index in [9.17, 15) is 0 Å². The molecular weight excluding hydrogens is 246 g/mol. The van der Waals surface area contributed by atoms with Gasteiger partial charge in [0, 0.05) is 31.2 Å². The molecule has 3 heteroatoms. The number of hydrogen-bond donors (Lipinski definition) is 0. The molecule has 20 heavy (non-hydrogen) atoms. The SMILES string of the molecule is CC(C)N1CCCN(C(C)C)CCN(C(C)C)CCC1. The van der Waals surface area contributed by atoms with Crippen molar-refractivity contribution in [1.82, 2.24) is 14.7 Å². The van der Waals surface area contributed by atoms with Gasteiger partial charge in [-0.15, -0.1) is 0 Å². The van der Waals surface area contributed by atoms with Crippen LogP contribution in [0.5, 0.6) is 0 Å². The summed E-state index contributed by atoms with van der Waals surface area (Å²) < 4.78 is 0. The number of nitrogens with zero attached hydrogens (tertiary/aromatic N) is 3. The van der Waals surface area contributed by atoms with E-state index in [1.807, 2.05) is 0 Å². The van der Waals surface area contributed by atoms with Crippen molar-refractivity contribution in [2.45, 2.75) is 72.5 Å². The average Bonchev–Trinajstić information content (AvgIpc) is 2.40. The second-order valence-corrected chi connectivity index (χ2v) is 7.10. The van der Waals surface area contributed by atoms with E-state index < -0.39 is 0 Å². The van der Waals surface area contributed by atoms with E-state index in [0.29, 0.717) is 18.1 Å². The fourth-order valence-electron chi connectivity index (χ4n) is 3.10. The molecule has 0 bridgehead atoms. The largest absolute Gasteiger partial charge is 0.301 e. The van der Waals surface area contributed by atoms with Gasteiger partial charge < -0.3 is 4.90 Å². The molecule has 0 unspecified atom stereocenters. The van der Waals surface area contributed by atoms with Crippen LogP contribution < -0.4 is 0 Å². The van der Waals surface area contributed by atoms with Crippen molar-refractivity contribution in [3.8, 4) is 0 Å². The first-order valence-corrected chi connectivity index (χ1v) is 8.64. The van der Waals surface area contributed by atoms with Crippen LogP contribution in [0.1, 0.15) is 54.4 Å². The molecule has 0 aromatic rings. The molecule has 0 aromatic carbocycles. The van der Waals surface area contributed by atoms with Crippen molar-refractivity contribution in [1.29, 1.82) is 0 Å². The van der Waals surface area contributed by atoms with Gasteiger partial charge in [-0.2, -0.15) is 0 Å². The Morgan fingerprint density at radius 2 is 0.700 bits per heavy atom. The minimum Gasteiger partial charge on any atom is -0.301 e. The van der Waals surface area contributed by atoms with Crippen molar-refractivity contribution in [2.24, 2.45) is 0 Å². The Balaban J connectivity index is 2.66. The molecule has 1 aliphatic rings. The van der Waals surface area contributed by atoms with Gasteiger partial charge in [0.1, 0.15) is 0 Å². The van der Waals surface area contributed by atoms with E-state index in [1.165, 1.54) is 52.1 Å². The highest BCUT2D eigenvalue weighted by atomic mass is 15.2. The monoisotopic (exact) mass is 283 g/mol. The zero-order chi connectivity index (χ0) is 15.1. The fourth-order valence-corrected chi connectivity index (χ4v) is 3.10. The first kappa shape index (κ1) is 17.9. The van der Waals surface area contributed by atoms with Crippen molar-refractivity contribution in [3.05, 3.63) is 0 Å². The predicted octanol–water partition coefficient (Wildman–Crippen LogP) is 2.91. The molecule has 1 heterocycles. The summed E-state index contributed by atoms with van der Waals surface area (Å²) in [7, 11) is 0. The summed E-state index contributed by atoms with van der Waals surface area (Å²) in [5.74, 6) is 0. The van der Waals surface area contributed by atoms with E-state index >= 15 is 0 Å². The van der Waals surface area contributed by atoms with Crippen LogP contribution >= 0.6 is 0 Å². The van der Waals surface area contributed by atoms with Crippen LogP contribution in [-0.2, 0) is 0 Å². The Kier molecular flexibility index (Phi) is 8.08. The Morgan fingerprint density at radius 1 is 0.450 bits per heavy atom. The maximum Gasteiger partial charge on any atom is 0.0112 e. The Labute approximate surface area is 127 Å². The average molecular weight is 284 g/mol. The maximum atomic E-state index is 2.66. The van der Waals surface area contributed by atoms with Crippen molar-refractivity contribution in [3.63, 3.8) is 0 Å². The Bertz CT molecular complexity index is 229. The van der Waals surface area contributed by atoms with Gasteiger partial charge in [0.2, 0.25) is 0 Å². The molecule has 3 nitrogen and oxygen atoms in total. The summed E-state index contributed by atoms with van der Waals surface area (Å²) in [4.78, 5) is 7.96. The molecule has 0 aliphatic carbocycles. The van der Waals surface area contributed by atoms with E-state index in [0.717, 1.165) is 0 Å². The van der Waals surface area contributed by atoms with Gasteiger partial charge in [0.25, 0.3) is 0 Å². The number of rotatable bonds is 3. The summed E-state index contributed by atoms with van der Waals surface area (Å²) in [5, 5.41) is 0. The van der Waals surface area contributed by atoms with Gasteiger partial charge in [0.05, 0.1) is 0 Å². The Morgan fingerprint density at radius 3 is 0.950 bits per heavy atom. The molecule has 0 atom stereocenters. The molecule has 1 aliphatic heterocycles. The topological polar surface area (TPSA) is 9.72 Å². The van der Waals surface area contributed by atoms with Gasteiger partial charge in [0.15, 0.2) is 0 Å². The zero-order valence-corrected chi connectivity index (χ0v) is 14.7. The van der Waals surface area contributed by atoms with Gasteiger partial charge >= 0.3 is 0 Å². The second-order valence-electron chi connectivity index (χ2n) is 7.10. The van der Waals surface area contributed by atoms with Crippen molar-refractivity contribution >= 4 is 0 Å². The van der Waals surface area contributed by atoms with Gasteiger partial charge in [-0.25, -0.2) is 0 Å². The molecular formula is C17H37N3. The highest BCUT2D eigenvalue weighted by molar-refractivity contribution is 4.73. The lowest BCUT2D eigenvalue weighted by molar-refractivity contribution is 0.156. The zero-order valence-electron chi connectivity index (χ0n) is 14.7. The first-order valence-electron chi connectivity index (χ1n) is 8.64. The first-order chi connectivity index (χ1) is 9.41. The molecule has 120 valence electrons. The standard InChI is InChI=1S/C17H37N3/c1-15(2)18-9-7-11-19(16(3)4)13-14-20(17(5)6)12-8-10-18/h15-17H,7-14H2,1-6H3. The predicted molar refractivity (Wildman–Crippen MR) is 89.4 cm³/mol. The van der Waals surface area contributed by atoms with Crippen molar-refractivity contribution < 1.29 is 0 Å². The smallest absolute Gasteiger partial charge is 0.0112 e. The van der Waals surface area contributed by atoms with Crippen molar-refractivity contribution in [2.75, 3.05) is 39.3 Å². The summed E-state index contributed by atoms with van der Waals surface area (Å²) >= 11 is 0.